The minimum Gasteiger partial charge on any atom is -0.368 e. The molecule has 2 aliphatic rings. The molecule has 0 unspecified atom stereocenters. The van der Waals surface area contributed by atoms with E-state index in [0.717, 1.165) is 29.2 Å². The van der Waals surface area contributed by atoms with Crippen LogP contribution in [0.15, 0.2) is 78.2 Å². The second-order valence-corrected chi connectivity index (χ2v) is 9.90. The first-order chi connectivity index (χ1) is 16.6. The highest BCUT2D eigenvalue weighted by Crippen LogP contribution is 2.41. The Hall–Kier alpha value is -3.45. The van der Waals surface area contributed by atoms with Gasteiger partial charge in [-0.05, 0) is 29.1 Å². The number of likely N-dealkylation sites (tertiary alicyclic amines) is 1. The van der Waals surface area contributed by atoms with Gasteiger partial charge in [0.25, 0.3) is 0 Å². The largest absolute Gasteiger partial charge is 0.368 e. The molecule has 7 heteroatoms. The quantitative estimate of drug-likeness (QED) is 0.513. The smallest absolute Gasteiger partial charge is 0.241 e. The standard InChI is InChI=1S/C27H27N3O3S/c31-24(29-15-13-28(14-16-29)22-10-5-2-6-11-22)18-27(21-8-3-1-4-9-21)19-25(32)30(26(27)33)20-23-12-7-17-34-23/h1-12,17H,13-16,18-20H2/t27-/m0/s1. The number of rotatable bonds is 6. The highest BCUT2D eigenvalue weighted by molar-refractivity contribution is 7.09. The molecule has 3 aromatic rings. The van der Waals surface area contributed by atoms with Crippen molar-refractivity contribution in [2.24, 2.45) is 0 Å². The number of para-hydroxylation sites is 1. The van der Waals surface area contributed by atoms with Gasteiger partial charge in [-0.3, -0.25) is 19.3 Å². The Kier molecular flexibility index (Phi) is 6.20. The van der Waals surface area contributed by atoms with E-state index in [9.17, 15) is 14.4 Å². The predicted octanol–water partition coefficient (Wildman–Crippen LogP) is 3.68. The number of thiophene rings is 1. The van der Waals surface area contributed by atoms with Crippen LogP contribution in [-0.4, -0.2) is 53.7 Å². The summed E-state index contributed by atoms with van der Waals surface area (Å²) in [5.74, 6) is -0.562. The lowest BCUT2D eigenvalue weighted by Gasteiger charge is -2.37. The van der Waals surface area contributed by atoms with Gasteiger partial charge < -0.3 is 9.80 Å². The summed E-state index contributed by atoms with van der Waals surface area (Å²) in [5, 5.41) is 1.93. The average Bonchev–Trinajstić information content (AvgIpc) is 3.48. The van der Waals surface area contributed by atoms with Crippen LogP contribution in [0.4, 0.5) is 5.69 Å². The maximum Gasteiger partial charge on any atom is 0.241 e. The Bertz CT molecular complexity index is 1160. The third-order valence-corrected chi connectivity index (χ3v) is 7.70. The molecule has 0 spiro atoms. The molecule has 0 saturated carbocycles. The molecule has 2 aliphatic heterocycles. The zero-order chi connectivity index (χ0) is 23.5. The van der Waals surface area contributed by atoms with Gasteiger partial charge in [-0.25, -0.2) is 0 Å². The van der Waals surface area contributed by atoms with E-state index in [1.807, 2.05) is 70.9 Å². The number of anilines is 1. The van der Waals surface area contributed by atoms with E-state index in [2.05, 4.69) is 17.0 Å². The zero-order valence-corrected chi connectivity index (χ0v) is 19.7. The van der Waals surface area contributed by atoms with Gasteiger partial charge in [-0.2, -0.15) is 0 Å². The Morgan fingerprint density at radius 2 is 1.53 bits per heavy atom. The predicted molar refractivity (Wildman–Crippen MR) is 132 cm³/mol. The second kappa shape index (κ2) is 9.43. The lowest BCUT2D eigenvalue weighted by atomic mass is 9.75. The summed E-state index contributed by atoms with van der Waals surface area (Å²) in [6.07, 6.45) is 0.0325. The number of carbonyl (C=O) groups is 3. The van der Waals surface area contributed by atoms with Crippen LogP contribution in [0, 0.1) is 0 Å². The molecule has 1 aromatic heterocycles. The highest BCUT2D eigenvalue weighted by atomic mass is 32.1. The van der Waals surface area contributed by atoms with Gasteiger partial charge in [0.05, 0.1) is 12.0 Å². The van der Waals surface area contributed by atoms with E-state index in [-0.39, 0.29) is 37.1 Å². The summed E-state index contributed by atoms with van der Waals surface area (Å²) in [4.78, 5) is 46.7. The Labute approximate surface area is 203 Å². The first-order valence-electron chi connectivity index (χ1n) is 11.6. The first-order valence-corrected chi connectivity index (χ1v) is 12.5. The van der Waals surface area contributed by atoms with E-state index in [1.54, 1.807) is 0 Å². The number of nitrogens with zero attached hydrogens (tertiary/aromatic N) is 3. The lowest BCUT2D eigenvalue weighted by molar-refractivity contribution is -0.143. The summed E-state index contributed by atoms with van der Waals surface area (Å²) in [6, 6.07) is 23.3. The highest BCUT2D eigenvalue weighted by Gasteiger charge is 2.54. The summed E-state index contributed by atoms with van der Waals surface area (Å²) in [5.41, 5.74) is 0.734. The molecular weight excluding hydrogens is 446 g/mol. The summed E-state index contributed by atoms with van der Waals surface area (Å²) >= 11 is 1.52. The summed E-state index contributed by atoms with van der Waals surface area (Å²) < 4.78 is 0. The van der Waals surface area contributed by atoms with Gasteiger partial charge in [-0.1, -0.05) is 54.6 Å². The van der Waals surface area contributed by atoms with Gasteiger partial charge in [-0.15, -0.1) is 11.3 Å². The molecule has 5 rings (SSSR count). The number of amides is 3. The molecule has 1 atom stereocenters. The molecule has 0 N–H and O–H groups in total. The number of hydrogen-bond donors (Lipinski definition) is 0. The van der Waals surface area contributed by atoms with E-state index in [0.29, 0.717) is 13.1 Å². The van der Waals surface area contributed by atoms with Crippen LogP contribution in [-0.2, 0) is 26.3 Å². The molecule has 0 aliphatic carbocycles. The molecule has 174 valence electrons. The van der Waals surface area contributed by atoms with Crippen LogP contribution in [0.5, 0.6) is 0 Å². The van der Waals surface area contributed by atoms with E-state index >= 15 is 0 Å². The third kappa shape index (κ3) is 4.23. The average molecular weight is 474 g/mol. The van der Waals surface area contributed by atoms with Crippen molar-refractivity contribution >= 4 is 34.7 Å². The number of hydrogen-bond acceptors (Lipinski definition) is 5. The molecule has 2 aromatic carbocycles. The van der Waals surface area contributed by atoms with Gasteiger partial charge in [0, 0.05) is 49.6 Å². The zero-order valence-electron chi connectivity index (χ0n) is 18.9. The van der Waals surface area contributed by atoms with Crippen molar-refractivity contribution in [1.82, 2.24) is 9.80 Å². The molecular formula is C27H27N3O3S. The van der Waals surface area contributed by atoms with Crippen molar-refractivity contribution in [2.45, 2.75) is 24.8 Å². The normalized spacial score (nSPS) is 20.8. The Morgan fingerprint density at radius 1 is 0.853 bits per heavy atom. The van der Waals surface area contributed by atoms with Gasteiger partial charge in [0.2, 0.25) is 17.7 Å². The monoisotopic (exact) mass is 473 g/mol. The SMILES string of the molecule is O=C(C[C@@]1(c2ccccc2)CC(=O)N(Cc2cccs2)C1=O)N1CCN(c2ccccc2)CC1. The fourth-order valence-corrected chi connectivity index (χ4v) is 5.66. The lowest BCUT2D eigenvalue weighted by Crippen LogP contribution is -2.51. The number of benzene rings is 2. The molecule has 0 radical (unpaired) electrons. The second-order valence-electron chi connectivity index (χ2n) is 8.87. The van der Waals surface area contributed by atoms with Crippen LogP contribution in [0.25, 0.3) is 0 Å². The van der Waals surface area contributed by atoms with Crippen LogP contribution in [0.3, 0.4) is 0 Å². The van der Waals surface area contributed by atoms with Crippen LogP contribution < -0.4 is 4.90 Å². The van der Waals surface area contributed by atoms with Crippen molar-refractivity contribution < 1.29 is 14.4 Å². The maximum absolute atomic E-state index is 13.8. The molecule has 34 heavy (non-hydrogen) atoms. The van der Waals surface area contributed by atoms with Crippen molar-refractivity contribution in [3.05, 3.63) is 88.6 Å². The molecule has 2 saturated heterocycles. The number of piperazine rings is 1. The van der Waals surface area contributed by atoms with Crippen LogP contribution in [0.2, 0.25) is 0 Å². The van der Waals surface area contributed by atoms with E-state index in [4.69, 9.17) is 0 Å². The maximum atomic E-state index is 13.8. The topological polar surface area (TPSA) is 60.9 Å². The molecule has 6 nitrogen and oxygen atoms in total. The van der Waals surface area contributed by atoms with Gasteiger partial charge in [0.15, 0.2) is 0 Å². The molecule has 2 fully saturated rings. The number of carbonyl (C=O) groups excluding carboxylic acids is 3. The van der Waals surface area contributed by atoms with Crippen molar-refractivity contribution in [3.8, 4) is 0 Å². The van der Waals surface area contributed by atoms with Crippen LogP contribution >= 0.6 is 11.3 Å². The Balaban J connectivity index is 1.35. The van der Waals surface area contributed by atoms with Gasteiger partial charge >= 0.3 is 0 Å². The third-order valence-electron chi connectivity index (χ3n) is 6.84. The summed E-state index contributed by atoms with van der Waals surface area (Å²) in [7, 11) is 0. The van der Waals surface area contributed by atoms with Crippen molar-refractivity contribution in [1.29, 1.82) is 0 Å². The molecule has 0 bridgehead atoms. The van der Waals surface area contributed by atoms with Crippen LogP contribution in [0.1, 0.15) is 23.3 Å². The van der Waals surface area contributed by atoms with Gasteiger partial charge in [0.1, 0.15) is 0 Å². The Morgan fingerprint density at radius 3 is 2.18 bits per heavy atom. The molecule has 3 amide bonds. The minimum atomic E-state index is -1.15. The summed E-state index contributed by atoms with van der Waals surface area (Å²) in [6.45, 7) is 2.93. The first kappa shape index (κ1) is 22.3. The van der Waals surface area contributed by atoms with E-state index < -0.39 is 5.41 Å². The van der Waals surface area contributed by atoms with Crippen molar-refractivity contribution in [3.63, 3.8) is 0 Å². The number of imide groups is 1. The fourth-order valence-electron chi connectivity index (χ4n) is 4.96. The fraction of sp³-hybridized carbons (Fsp3) is 0.296. The molecule has 3 heterocycles. The van der Waals surface area contributed by atoms with Crippen molar-refractivity contribution in [2.75, 3.05) is 31.1 Å². The minimum absolute atomic E-state index is 0.00780. The van der Waals surface area contributed by atoms with E-state index in [1.165, 1.54) is 16.2 Å².